The molecule has 4 nitrogen and oxygen atoms in total. The van der Waals surface area contributed by atoms with Crippen LogP contribution in [0, 0.1) is 0 Å². The van der Waals surface area contributed by atoms with E-state index in [0.717, 1.165) is 5.75 Å². The van der Waals surface area contributed by atoms with Crippen LogP contribution in [0.25, 0.3) is 0 Å². The number of hydrogen-bond donors (Lipinski definition) is 1. The van der Waals surface area contributed by atoms with Gasteiger partial charge in [-0.05, 0) is 42.8 Å². The van der Waals surface area contributed by atoms with Crippen molar-refractivity contribution in [3.05, 3.63) is 48.3 Å². The van der Waals surface area contributed by atoms with Crippen molar-refractivity contribution in [1.29, 1.82) is 0 Å². The number of nitrogens with zero attached hydrogens (tertiary/aromatic N) is 1. The fraction of sp³-hybridized carbons (Fsp3) is 0.267. The van der Waals surface area contributed by atoms with E-state index >= 15 is 0 Å². The lowest BCUT2D eigenvalue weighted by atomic mass is 10.2. The zero-order valence-corrected chi connectivity index (χ0v) is 11.0. The van der Waals surface area contributed by atoms with E-state index in [-0.39, 0.29) is 0 Å². The van der Waals surface area contributed by atoms with E-state index < -0.39 is 6.10 Å². The molecule has 0 bridgehead atoms. The summed E-state index contributed by atoms with van der Waals surface area (Å²) in [6, 6.07) is 10.9. The highest BCUT2D eigenvalue weighted by Crippen LogP contribution is 2.24. The van der Waals surface area contributed by atoms with Crippen molar-refractivity contribution in [2.75, 3.05) is 7.11 Å². The minimum atomic E-state index is -0.518. The number of rotatable bonds is 5. The highest BCUT2D eigenvalue weighted by Gasteiger charge is 2.06. The first-order valence-electron chi connectivity index (χ1n) is 6.19. The van der Waals surface area contributed by atoms with E-state index in [4.69, 9.17) is 9.47 Å². The van der Waals surface area contributed by atoms with Gasteiger partial charge < -0.3 is 14.6 Å². The summed E-state index contributed by atoms with van der Waals surface area (Å²) in [6.45, 7) is 1.91. The maximum absolute atomic E-state index is 9.65. The lowest BCUT2D eigenvalue weighted by Crippen LogP contribution is -1.98. The Bertz CT molecular complexity index is 508. The van der Waals surface area contributed by atoms with Gasteiger partial charge in [0.1, 0.15) is 17.2 Å². The number of methoxy groups -OCH3 is 1. The third-order valence-electron chi connectivity index (χ3n) is 2.78. The number of aliphatic hydroxyl groups is 1. The lowest BCUT2D eigenvalue weighted by Gasteiger charge is -2.09. The Morgan fingerprint density at radius 2 is 1.68 bits per heavy atom. The molecule has 4 heteroatoms. The SMILES string of the molecule is CC[C@@H](O)c1ccc(Oc2ccc(OC)cc2)cn1. The van der Waals surface area contributed by atoms with Crippen LogP contribution in [0.1, 0.15) is 25.1 Å². The fourth-order valence-corrected chi connectivity index (χ4v) is 1.64. The number of aliphatic hydroxyl groups excluding tert-OH is 1. The van der Waals surface area contributed by atoms with E-state index in [1.54, 1.807) is 25.4 Å². The lowest BCUT2D eigenvalue weighted by molar-refractivity contribution is 0.169. The fourth-order valence-electron chi connectivity index (χ4n) is 1.64. The Labute approximate surface area is 112 Å². The van der Waals surface area contributed by atoms with Gasteiger partial charge >= 0.3 is 0 Å². The molecular weight excluding hydrogens is 242 g/mol. The van der Waals surface area contributed by atoms with Crippen LogP contribution in [-0.2, 0) is 0 Å². The summed E-state index contributed by atoms with van der Waals surface area (Å²) in [5.41, 5.74) is 0.657. The first kappa shape index (κ1) is 13.4. The maximum Gasteiger partial charge on any atom is 0.145 e. The van der Waals surface area contributed by atoms with E-state index in [1.165, 1.54) is 0 Å². The molecule has 0 spiro atoms. The summed E-state index contributed by atoms with van der Waals surface area (Å²) in [7, 11) is 1.62. The van der Waals surface area contributed by atoms with Crippen molar-refractivity contribution in [1.82, 2.24) is 4.98 Å². The van der Waals surface area contributed by atoms with E-state index in [2.05, 4.69) is 4.98 Å². The molecule has 0 saturated carbocycles. The van der Waals surface area contributed by atoms with E-state index in [0.29, 0.717) is 23.6 Å². The van der Waals surface area contributed by atoms with Gasteiger partial charge in [0.15, 0.2) is 0 Å². The van der Waals surface area contributed by atoms with Crippen molar-refractivity contribution in [3.8, 4) is 17.2 Å². The minimum Gasteiger partial charge on any atom is -0.497 e. The number of pyridine rings is 1. The molecule has 2 aromatic rings. The van der Waals surface area contributed by atoms with E-state index in [9.17, 15) is 5.11 Å². The molecule has 1 heterocycles. The molecule has 2 rings (SSSR count). The van der Waals surface area contributed by atoms with Crippen molar-refractivity contribution in [2.24, 2.45) is 0 Å². The zero-order chi connectivity index (χ0) is 13.7. The molecule has 0 aliphatic heterocycles. The Balaban J connectivity index is 2.06. The average molecular weight is 259 g/mol. The third-order valence-corrected chi connectivity index (χ3v) is 2.78. The molecule has 0 aliphatic rings. The van der Waals surface area contributed by atoms with Crippen molar-refractivity contribution in [3.63, 3.8) is 0 Å². The Kier molecular flexibility index (Phi) is 4.36. The largest absolute Gasteiger partial charge is 0.497 e. The van der Waals surface area contributed by atoms with Crippen LogP contribution in [0.5, 0.6) is 17.2 Å². The predicted molar refractivity (Wildman–Crippen MR) is 72.6 cm³/mol. The third kappa shape index (κ3) is 3.45. The Morgan fingerprint density at radius 3 is 2.21 bits per heavy atom. The summed E-state index contributed by atoms with van der Waals surface area (Å²) >= 11 is 0. The van der Waals surface area contributed by atoms with Gasteiger partial charge in [0.25, 0.3) is 0 Å². The van der Waals surface area contributed by atoms with Crippen LogP contribution >= 0.6 is 0 Å². The average Bonchev–Trinajstić information content (AvgIpc) is 2.48. The highest BCUT2D eigenvalue weighted by atomic mass is 16.5. The molecule has 0 aliphatic carbocycles. The van der Waals surface area contributed by atoms with Crippen LogP contribution in [0.3, 0.4) is 0 Å². The summed E-state index contributed by atoms with van der Waals surface area (Å²) in [5, 5.41) is 9.65. The molecule has 100 valence electrons. The van der Waals surface area contributed by atoms with Crippen LogP contribution < -0.4 is 9.47 Å². The second-order valence-electron chi connectivity index (χ2n) is 4.12. The number of ether oxygens (including phenoxy) is 2. The molecule has 19 heavy (non-hydrogen) atoms. The van der Waals surface area contributed by atoms with Gasteiger partial charge in [-0.2, -0.15) is 0 Å². The van der Waals surface area contributed by atoms with Crippen LogP contribution in [0.4, 0.5) is 0 Å². The van der Waals surface area contributed by atoms with Gasteiger partial charge in [0, 0.05) is 0 Å². The van der Waals surface area contributed by atoms with Gasteiger partial charge in [-0.3, -0.25) is 4.98 Å². The Morgan fingerprint density at radius 1 is 1.05 bits per heavy atom. The van der Waals surface area contributed by atoms with Crippen LogP contribution in [0.2, 0.25) is 0 Å². The first-order chi connectivity index (χ1) is 9.22. The van der Waals surface area contributed by atoms with Gasteiger partial charge in [-0.15, -0.1) is 0 Å². The standard InChI is InChI=1S/C15H17NO3/c1-3-15(17)14-9-8-13(10-16-14)19-12-6-4-11(18-2)5-7-12/h4-10,15,17H,3H2,1-2H3/t15-/m1/s1. The molecule has 1 atom stereocenters. The second-order valence-corrected chi connectivity index (χ2v) is 4.12. The summed E-state index contributed by atoms with van der Waals surface area (Å²) < 4.78 is 10.7. The molecule has 0 radical (unpaired) electrons. The van der Waals surface area contributed by atoms with E-state index in [1.807, 2.05) is 31.2 Å². The molecule has 0 saturated heterocycles. The topological polar surface area (TPSA) is 51.6 Å². The number of benzene rings is 1. The maximum atomic E-state index is 9.65. The monoisotopic (exact) mass is 259 g/mol. The zero-order valence-electron chi connectivity index (χ0n) is 11.0. The molecule has 0 amide bonds. The summed E-state index contributed by atoms with van der Waals surface area (Å²) in [5.74, 6) is 2.13. The molecule has 1 N–H and O–H groups in total. The van der Waals surface area contributed by atoms with Gasteiger partial charge in [0.2, 0.25) is 0 Å². The normalized spacial score (nSPS) is 11.9. The highest BCUT2D eigenvalue weighted by molar-refractivity contribution is 5.34. The minimum absolute atomic E-state index is 0.518. The van der Waals surface area contributed by atoms with Gasteiger partial charge in [-0.1, -0.05) is 6.92 Å². The van der Waals surface area contributed by atoms with Crippen molar-refractivity contribution in [2.45, 2.75) is 19.4 Å². The molecule has 1 aromatic heterocycles. The van der Waals surface area contributed by atoms with Gasteiger partial charge in [0.05, 0.1) is 25.1 Å². The smallest absolute Gasteiger partial charge is 0.145 e. The Hall–Kier alpha value is -2.07. The number of hydrogen-bond acceptors (Lipinski definition) is 4. The second kappa shape index (κ2) is 6.20. The molecule has 0 unspecified atom stereocenters. The molecule has 0 fully saturated rings. The molecule has 1 aromatic carbocycles. The van der Waals surface area contributed by atoms with Crippen molar-refractivity contribution >= 4 is 0 Å². The van der Waals surface area contributed by atoms with Crippen LogP contribution in [-0.4, -0.2) is 17.2 Å². The van der Waals surface area contributed by atoms with Gasteiger partial charge in [-0.25, -0.2) is 0 Å². The quantitative estimate of drug-likeness (QED) is 0.894. The molecular formula is C15H17NO3. The van der Waals surface area contributed by atoms with Crippen LogP contribution in [0.15, 0.2) is 42.6 Å². The number of aromatic nitrogens is 1. The summed E-state index contributed by atoms with van der Waals surface area (Å²) in [6.07, 6.45) is 1.74. The summed E-state index contributed by atoms with van der Waals surface area (Å²) in [4.78, 5) is 4.18. The van der Waals surface area contributed by atoms with Crippen molar-refractivity contribution < 1.29 is 14.6 Å². The predicted octanol–water partition coefficient (Wildman–Crippen LogP) is 3.33. The first-order valence-corrected chi connectivity index (χ1v) is 6.19.